The number of piperidine rings is 3. The molecule has 2 aromatic carbocycles. The van der Waals surface area contributed by atoms with Crippen LogP contribution in [0.25, 0.3) is 11.1 Å². The second kappa shape index (κ2) is 8.11. The molecule has 0 radical (unpaired) electrons. The molecule has 3 aliphatic heterocycles. The van der Waals surface area contributed by atoms with Crippen LogP contribution in [0.1, 0.15) is 49.4 Å². The first-order chi connectivity index (χ1) is 15.3. The van der Waals surface area contributed by atoms with E-state index in [2.05, 4.69) is 61.3 Å². The molecule has 2 bridgehead atoms. The van der Waals surface area contributed by atoms with Crippen molar-refractivity contribution in [1.82, 2.24) is 10.2 Å². The number of aryl methyl sites for hydroxylation is 1. The highest BCUT2D eigenvalue weighted by Gasteiger charge is 2.42. The fraction of sp³-hybridized carbons (Fsp3) is 0.519. The van der Waals surface area contributed by atoms with Crippen molar-refractivity contribution >= 4 is 6.09 Å². The first kappa shape index (κ1) is 21.3. The van der Waals surface area contributed by atoms with Crippen molar-refractivity contribution in [2.75, 3.05) is 26.7 Å². The molecule has 1 aliphatic carbocycles. The van der Waals surface area contributed by atoms with Gasteiger partial charge in [-0.3, -0.25) is 4.90 Å². The maximum absolute atomic E-state index is 12.9. The lowest BCUT2D eigenvalue weighted by molar-refractivity contribution is -0.0348. The number of methoxy groups -OCH3 is 1. The zero-order chi connectivity index (χ0) is 22.5. The molecule has 0 spiro atoms. The first-order valence-corrected chi connectivity index (χ1v) is 11.8. The van der Waals surface area contributed by atoms with Crippen molar-refractivity contribution in [2.45, 2.75) is 52.2 Å². The molecule has 5 heteroatoms. The van der Waals surface area contributed by atoms with E-state index in [9.17, 15) is 4.79 Å². The van der Waals surface area contributed by atoms with Crippen molar-refractivity contribution in [3.8, 4) is 16.9 Å². The van der Waals surface area contributed by atoms with E-state index in [-0.39, 0.29) is 23.7 Å². The molecule has 0 saturated carbocycles. The van der Waals surface area contributed by atoms with E-state index in [0.717, 1.165) is 55.8 Å². The maximum Gasteiger partial charge on any atom is 0.407 e. The number of benzene rings is 2. The van der Waals surface area contributed by atoms with E-state index in [0.29, 0.717) is 5.92 Å². The summed E-state index contributed by atoms with van der Waals surface area (Å²) in [7, 11) is 1.71. The quantitative estimate of drug-likeness (QED) is 0.726. The Balaban J connectivity index is 1.36. The van der Waals surface area contributed by atoms with Crippen molar-refractivity contribution < 1.29 is 14.3 Å². The number of fused-ring (bicyclic) bond motifs is 4. The van der Waals surface area contributed by atoms with E-state index in [1.54, 1.807) is 7.11 Å². The van der Waals surface area contributed by atoms with Crippen LogP contribution in [0.3, 0.4) is 0 Å². The minimum Gasteiger partial charge on any atom is -0.496 e. The summed E-state index contributed by atoms with van der Waals surface area (Å²) in [4.78, 5) is 15.3. The third kappa shape index (κ3) is 3.88. The number of hydrogen-bond donors (Lipinski definition) is 1. The summed E-state index contributed by atoms with van der Waals surface area (Å²) in [5.41, 5.74) is 5.85. The van der Waals surface area contributed by atoms with Gasteiger partial charge in [0.25, 0.3) is 0 Å². The molecule has 1 amide bonds. The molecule has 3 saturated heterocycles. The number of rotatable bonds is 4. The lowest BCUT2D eigenvalue weighted by Crippen LogP contribution is -2.53. The third-order valence-corrected chi connectivity index (χ3v) is 7.66. The molecule has 170 valence electrons. The Morgan fingerprint density at radius 2 is 1.91 bits per heavy atom. The molecule has 0 aromatic heterocycles. The molecule has 1 unspecified atom stereocenters. The third-order valence-electron chi connectivity index (χ3n) is 7.66. The molecule has 4 aliphatic rings. The van der Waals surface area contributed by atoms with Gasteiger partial charge in [-0.15, -0.1) is 0 Å². The topological polar surface area (TPSA) is 50.8 Å². The summed E-state index contributed by atoms with van der Waals surface area (Å²) in [6.45, 7) is 9.70. The summed E-state index contributed by atoms with van der Waals surface area (Å²) in [5, 5.41) is 3.22. The standard InChI is InChI=1S/C27H34N2O3/c1-17-5-8-23(31-4)22(13-17)19-6-7-21-20(14-19)15-27(2,3)25(21)28-26(30)32-24-16-29-11-9-18(24)10-12-29/h5-8,13-14,18,24-25H,9-12,15-16H2,1-4H3,(H,28,30)/t24-,25?/m0/s1. The van der Waals surface area contributed by atoms with Crippen molar-refractivity contribution in [1.29, 1.82) is 0 Å². The second-order valence-electron chi connectivity index (χ2n) is 10.4. The van der Waals surface area contributed by atoms with Gasteiger partial charge in [0, 0.05) is 12.1 Å². The number of ether oxygens (including phenoxy) is 2. The molecule has 1 N–H and O–H groups in total. The van der Waals surface area contributed by atoms with E-state index in [4.69, 9.17) is 9.47 Å². The van der Waals surface area contributed by atoms with Gasteiger partial charge < -0.3 is 14.8 Å². The fourth-order valence-electron chi connectivity index (χ4n) is 5.88. The van der Waals surface area contributed by atoms with Gasteiger partial charge in [-0.05, 0) is 79.4 Å². The van der Waals surface area contributed by atoms with Crippen LogP contribution in [-0.4, -0.2) is 43.8 Å². The number of hydrogen-bond acceptors (Lipinski definition) is 4. The Labute approximate surface area is 191 Å². The lowest BCUT2D eigenvalue weighted by atomic mass is 9.85. The summed E-state index contributed by atoms with van der Waals surface area (Å²) in [6.07, 6.45) is 2.94. The van der Waals surface area contributed by atoms with Crippen LogP contribution < -0.4 is 10.1 Å². The van der Waals surface area contributed by atoms with Crippen LogP contribution in [-0.2, 0) is 11.2 Å². The highest BCUT2D eigenvalue weighted by atomic mass is 16.6. The van der Waals surface area contributed by atoms with Gasteiger partial charge in [0.15, 0.2) is 0 Å². The molecular weight excluding hydrogens is 400 g/mol. The summed E-state index contributed by atoms with van der Waals surface area (Å²) < 4.78 is 11.5. The highest BCUT2D eigenvalue weighted by molar-refractivity contribution is 5.73. The van der Waals surface area contributed by atoms with Crippen LogP contribution in [0.2, 0.25) is 0 Å². The number of carbonyl (C=O) groups is 1. The second-order valence-corrected chi connectivity index (χ2v) is 10.4. The monoisotopic (exact) mass is 434 g/mol. The lowest BCUT2D eigenvalue weighted by Gasteiger charge is -2.44. The average molecular weight is 435 g/mol. The van der Waals surface area contributed by atoms with Crippen LogP contribution >= 0.6 is 0 Å². The normalized spacial score (nSPS) is 27.6. The summed E-state index contributed by atoms with van der Waals surface area (Å²) >= 11 is 0. The van der Waals surface area contributed by atoms with Crippen molar-refractivity contribution in [3.05, 3.63) is 53.1 Å². The van der Waals surface area contributed by atoms with Gasteiger partial charge in [0.05, 0.1) is 13.2 Å². The fourth-order valence-corrected chi connectivity index (χ4v) is 5.88. The largest absolute Gasteiger partial charge is 0.496 e. The average Bonchev–Trinajstić information content (AvgIpc) is 3.03. The Morgan fingerprint density at radius 3 is 2.59 bits per heavy atom. The van der Waals surface area contributed by atoms with Crippen LogP contribution in [0, 0.1) is 18.3 Å². The van der Waals surface area contributed by atoms with Crippen LogP contribution in [0.5, 0.6) is 5.75 Å². The van der Waals surface area contributed by atoms with Crippen LogP contribution in [0.15, 0.2) is 36.4 Å². The maximum atomic E-state index is 12.9. The van der Waals surface area contributed by atoms with Gasteiger partial charge in [0.1, 0.15) is 11.9 Å². The van der Waals surface area contributed by atoms with Gasteiger partial charge >= 0.3 is 6.09 Å². The zero-order valence-electron chi connectivity index (χ0n) is 19.6. The molecule has 3 fully saturated rings. The Hall–Kier alpha value is -2.53. The van der Waals surface area contributed by atoms with E-state index in [1.165, 1.54) is 16.7 Å². The Bertz CT molecular complexity index is 1020. The molecule has 2 aromatic rings. The van der Waals surface area contributed by atoms with Gasteiger partial charge in [-0.1, -0.05) is 43.7 Å². The molecule has 32 heavy (non-hydrogen) atoms. The SMILES string of the molecule is COc1ccc(C)cc1-c1ccc2c(c1)CC(C)(C)C2NC(=O)O[C@H]1CN2CCC1CC2. The number of nitrogens with zero attached hydrogens (tertiary/aromatic N) is 1. The summed E-state index contributed by atoms with van der Waals surface area (Å²) in [6, 6.07) is 12.8. The number of nitrogens with one attached hydrogen (secondary N) is 1. The number of amides is 1. The van der Waals surface area contributed by atoms with E-state index >= 15 is 0 Å². The van der Waals surface area contributed by atoms with Gasteiger partial charge in [-0.25, -0.2) is 4.79 Å². The molecular formula is C27H34N2O3. The van der Waals surface area contributed by atoms with Gasteiger partial charge in [0.2, 0.25) is 0 Å². The minimum absolute atomic E-state index is 0.0256. The molecule has 6 rings (SSSR count). The Morgan fingerprint density at radius 1 is 1.12 bits per heavy atom. The predicted molar refractivity (Wildman–Crippen MR) is 126 cm³/mol. The zero-order valence-corrected chi connectivity index (χ0v) is 19.6. The minimum atomic E-state index is -0.279. The first-order valence-electron chi connectivity index (χ1n) is 11.8. The molecule has 2 atom stereocenters. The molecule has 5 nitrogen and oxygen atoms in total. The van der Waals surface area contributed by atoms with E-state index in [1.807, 2.05) is 6.07 Å². The molecule has 3 heterocycles. The summed E-state index contributed by atoms with van der Waals surface area (Å²) in [5.74, 6) is 1.39. The van der Waals surface area contributed by atoms with Crippen molar-refractivity contribution in [3.63, 3.8) is 0 Å². The number of carbonyl (C=O) groups excluding carboxylic acids is 1. The smallest absolute Gasteiger partial charge is 0.407 e. The number of alkyl carbamates (subject to hydrolysis) is 1. The Kier molecular flexibility index (Phi) is 5.40. The van der Waals surface area contributed by atoms with Gasteiger partial charge in [-0.2, -0.15) is 0 Å². The van der Waals surface area contributed by atoms with Crippen LogP contribution in [0.4, 0.5) is 4.79 Å². The predicted octanol–water partition coefficient (Wildman–Crippen LogP) is 5.11. The van der Waals surface area contributed by atoms with Crippen molar-refractivity contribution in [2.24, 2.45) is 11.3 Å². The highest BCUT2D eigenvalue weighted by Crippen LogP contribution is 2.47. The van der Waals surface area contributed by atoms with E-state index < -0.39 is 0 Å².